The first-order valence-electron chi connectivity index (χ1n) is 5.98. The van der Waals surface area contributed by atoms with Crippen molar-refractivity contribution in [1.82, 2.24) is 20.2 Å². The third kappa shape index (κ3) is 4.19. The summed E-state index contributed by atoms with van der Waals surface area (Å²) < 4.78 is 1.34. The molecule has 0 aliphatic rings. The summed E-state index contributed by atoms with van der Waals surface area (Å²) in [6.07, 6.45) is 1.82. The van der Waals surface area contributed by atoms with Gasteiger partial charge in [0.1, 0.15) is 12.9 Å². The molecule has 102 valence electrons. The van der Waals surface area contributed by atoms with Crippen molar-refractivity contribution in [2.75, 3.05) is 11.9 Å². The highest BCUT2D eigenvalue weighted by Gasteiger charge is 2.04. The molecule has 0 saturated carbocycles. The Kier molecular flexibility index (Phi) is 4.81. The second-order valence-corrected chi connectivity index (χ2v) is 3.91. The van der Waals surface area contributed by atoms with E-state index < -0.39 is 0 Å². The second kappa shape index (κ2) is 7.01. The van der Waals surface area contributed by atoms with Crippen LogP contribution < -0.4 is 5.32 Å². The number of amides is 1. The highest BCUT2D eigenvalue weighted by Crippen LogP contribution is 2.08. The molecular weight excluding hydrogens is 258 g/mol. The molecule has 2 rings (SSSR count). The molecule has 2 N–H and O–H groups in total. The monoisotopic (exact) mass is 271 g/mol. The Morgan fingerprint density at radius 1 is 1.35 bits per heavy atom. The summed E-state index contributed by atoms with van der Waals surface area (Å²) >= 11 is 0. The molecule has 2 aromatic rings. The molecule has 0 spiro atoms. The van der Waals surface area contributed by atoms with Crippen LogP contribution in [-0.4, -0.2) is 37.8 Å². The fourth-order valence-corrected chi connectivity index (χ4v) is 1.46. The van der Waals surface area contributed by atoms with Crippen molar-refractivity contribution < 1.29 is 9.90 Å². The molecule has 7 nitrogen and oxygen atoms in total. The lowest BCUT2D eigenvalue weighted by atomic mass is 10.2. The molecule has 7 heteroatoms. The van der Waals surface area contributed by atoms with Crippen LogP contribution in [0.5, 0.6) is 0 Å². The van der Waals surface area contributed by atoms with Crippen LogP contribution >= 0.6 is 0 Å². The maximum Gasteiger partial charge on any atom is 0.246 e. The largest absolute Gasteiger partial charge is 0.395 e. The van der Waals surface area contributed by atoms with Gasteiger partial charge in [-0.3, -0.25) is 4.79 Å². The van der Waals surface area contributed by atoms with Crippen molar-refractivity contribution in [3.8, 4) is 11.8 Å². The Bertz CT molecular complexity index is 610. The van der Waals surface area contributed by atoms with Crippen molar-refractivity contribution in [2.24, 2.45) is 0 Å². The Morgan fingerprint density at radius 3 is 2.80 bits per heavy atom. The molecule has 0 bridgehead atoms. The van der Waals surface area contributed by atoms with E-state index in [1.807, 2.05) is 0 Å². The van der Waals surface area contributed by atoms with Gasteiger partial charge in [0.05, 0.1) is 6.61 Å². The molecule has 0 atom stereocenters. The van der Waals surface area contributed by atoms with Gasteiger partial charge in [-0.25, -0.2) is 4.68 Å². The van der Waals surface area contributed by atoms with Gasteiger partial charge in [0.15, 0.2) is 0 Å². The van der Waals surface area contributed by atoms with Crippen LogP contribution in [0.2, 0.25) is 0 Å². The molecule has 20 heavy (non-hydrogen) atoms. The van der Waals surface area contributed by atoms with Gasteiger partial charge < -0.3 is 10.4 Å². The summed E-state index contributed by atoms with van der Waals surface area (Å²) in [6.45, 7) is 0.114. The predicted octanol–water partition coefficient (Wildman–Crippen LogP) is 0.0457. The number of hydrogen-bond donors (Lipinski definition) is 2. The topological polar surface area (TPSA) is 92.9 Å². The normalized spacial score (nSPS) is 9.65. The van der Waals surface area contributed by atoms with Gasteiger partial charge in [0.25, 0.3) is 0 Å². The summed E-state index contributed by atoms with van der Waals surface area (Å²) in [7, 11) is 0. The van der Waals surface area contributed by atoms with Gasteiger partial charge >= 0.3 is 0 Å². The van der Waals surface area contributed by atoms with Crippen molar-refractivity contribution in [3.05, 3.63) is 36.2 Å². The van der Waals surface area contributed by atoms with Crippen LogP contribution in [0.4, 0.5) is 5.69 Å². The van der Waals surface area contributed by atoms with Gasteiger partial charge in [0.2, 0.25) is 5.91 Å². The first kappa shape index (κ1) is 13.7. The van der Waals surface area contributed by atoms with E-state index in [-0.39, 0.29) is 19.1 Å². The van der Waals surface area contributed by atoms with Crippen molar-refractivity contribution in [2.45, 2.75) is 13.0 Å². The summed E-state index contributed by atoms with van der Waals surface area (Å²) in [5.74, 6) is 5.53. The van der Waals surface area contributed by atoms with Crippen molar-refractivity contribution in [3.63, 3.8) is 0 Å². The average molecular weight is 271 g/mol. The van der Waals surface area contributed by atoms with E-state index >= 15 is 0 Å². The molecule has 1 amide bonds. The Morgan fingerprint density at radius 2 is 2.15 bits per heavy atom. The minimum absolute atomic E-state index is 0.0539. The number of nitrogens with one attached hydrogen (secondary N) is 1. The minimum atomic E-state index is -0.212. The molecule has 0 fully saturated rings. The summed E-state index contributed by atoms with van der Waals surface area (Å²) in [5, 5.41) is 21.9. The van der Waals surface area contributed by atoms with E-state index in [2.05, 4.69) is 32.7 Å². The minimum Gasteiger partial charge on any atom is -0.395 e. The molecule has 1 aromatic heterocycles. The predicted molar refractivity (Wildman–Crippen MR) is 71.5 cm³/mol. The molecule has 0 aliphatic carbocycles. The average Bonchev–Trinajstić information content (AvgIpc) is 2.94. The molecule has 0 saturated heterocycles. The van der Waals surface area contributed by atoms with E-state index in [0.29, 0.717) is 12.1 Å². The maximum atomic E-state index is 11.7. The van der Waals surface area contributed by atoms with Crippen LogP contribution in [0.15, 0.2) is 30.6 Å². The van der Waals surface area contributed by atoms with Crippen LogP contribution in [0.25, 0.3) is 0 Å². The fourth-order valence-electron chi connectivity index (χ4n) is 1.46. The lowest BCUT2D eigenvalue weighted by Crippen LogP contribution is -2.19. The number of carbonyl (C=O) groups excluding carboxylic acids is 1. The molecule has 0 aliphatic heterocycles. The van der Waals surface area contributed by atoms with Crippen LogP contribution in [0.3, 0.4) is 0 Å². The van der Waals surface area contributed by atoms with Crippen LogP contribution in [-0.2, 0) is 11.3 Å². The van der Waals surface area contributed by atoms with Crippen LogP contribution in [0, 0.1) is 11.8 Å². The van der Waals surface area contributed by atoms with E-state index in [1.165, 1.54) is 11.0 Å². The number of carbonyl (C=O) groups is 1. The number of anilines is 1. The third-order valence-electron chi connectivity index (χ3n) is 2.34. The molecule has 1 aromatic carbocycles. The summed E-state index contributed by atoms with van der Waals surface area (Å²) in [4.78, 5) is 11.7. The Labute approximate surface area is 115 Å². The third-order valence-corrected chi connectivity index (χ3v) is 2.34. The van der Waals surface area contributed by atoms with Crippen molar-refractivity contribution >= 4 is 11.6 Å². The fraction of sp³-hybridized carbons (Fsp3) is 0.231. The molecule has 0 unspecified atom stereocenters. The van der Waals surface area contributed by atoms with Crippen LogP contribution in [0.1, 0.15) is 12.0 Å². The lowest BCUT2D eigenvalue weighted by molar-refractivity contribution is -0.116. The maximum absolute atomic E-state index is 11.7. The number of nitrogens with zero attached hydrogens (tertiary/aromatic N) is 4. The number of benzene rings is 1. The highest BCUT2D eigenvalue weighted by molar-refractivity contribution is 5.90. The smallest absolute Gasteiger partial charge is 0.246 e. The first-order chi connectivity index (χ1) is 9.78. The Balaban J connectivity index is 1.90. The van der Waals surface area contributed by atoms with Gasteiger partial charge in [-0.15, -0.1) is 5.10 Å². The van der Waals surface area contributed by atoms with Gasteiger partial charge in [-0.2, -0.15) is 0 Å². The summed E-state index contributed by atoms with van der Waals surface area (Å²) in [6, 6.07) is 7.13. The highest BCUT2D eigenvalue weighted by atomic mass is 16.2. The molecule has 0 radical (unpaired) electrons. The quantitative estimate of drug-likeness (QED) is 0.766. The molecular formula is C13H13N5O2. The number of aliphatic hydroxyl groups is 1. The number of tetrazole rings is 1. The van der Waals surface area contributed by atoms with E-state index in [9.17, 15) is 4.79 Å². The zero-order chi connectivity index (χ0) is 14.2. The first-order valence-corrected chi connectivity index (χ1v) is 5.98. The van der Waals surface area contributed by atoms with E-state index in [1.54, 1.807) is 24.3 Å². The number of hydrogen-bond acceptors (Lipinski definition) is 5. The molecule has 1 heterocycles. The van der Waals surface area contributed by atoms with Gasteiger partial charge in [-0.1, -0.05) is 11.8 Å². The van der Waals surface area contributed by atoms with Gasteiger partial charge in [-0.05, 0) is 34.7 Å². The second-order valence-electron chi connectivity index (χ2n) is 3.91. The van der Waals surface area contributed by atoms with Gasteiger partial charge in [0, 0.05) is 17.7 Å². The Hall–Kier alpha value is -2.72. The number of aliphatic hydroxyl groups excluding tert-OH is 1. The van der Waals surface area contributed by atoms with E-state index in [0.717, 1.165) is 5.56 Å². The van der Waals surface area contributed by atoms with Crippen molar-refractivity contribution in [1.29, 1.82) is 0 Å². The lowest BCUT2D eigenvalue weighted by Gasteiger charge is -2.04. The summed E-state index contributed by atoms with van der Waals surface area (Å²) in [5.41, 5.74) is 1.51. The zero-order valence-electron chi connectivity index (χ0n) is 10.7. The zero-order valence-corrected chi connectivity index (χ0v) is 10.7. The standard InChI is InChI=1S/C13H13N5O2/c19-8-2-1-3-11-4-6-12(7-5-11)15-13(20)9-18-10-14-16-17-18/h4-7,10,19H,2,8-9H2,(H,15,20). The SMILES string of the molecule is O=C(Cn1cnnn1)Nc1ccc(C#CCCO)cc1. The van der Waals surface area contributed by atoms with E-state index in [4.69, 9.17) is 5.11 Å². The number of rotatable bonds is 4. The number of aromatic nitrogens is 4.